The van der Waals surface area contributed by atoms with E-state index in [4.69, 9.17) is 10.0 Å². The van der Waals surface area contributed by atoms with Crippen LogP contribution in [-0.4, -0.2) is 23.3 Å². The van der Waals surface area contributed by atoms with Gasteiger partial charge in [0.25, 0.3) is 5.92 Å². The fourth-order valence-electron chi connectivity index (χ4n) is 2.09. The second-order valence-corrected chi connectivity index (χ2v) is 5.14. The molecule has 0 aromatic heterocycles. The van der Waals surface area contributed by atoms with Crippen LogP contribution < -0.4 is 4.65 Å². The zero-order chi connectivity index (χ0) is 16.8. The molecule has 124 valence electrons. The molecule has 0 aliphatic heterocycles. The van der Waals surface area contributed by atoms with Crippen LogP contribution in [0.15, 0.2) is 12.1 Å². The van der Waals surface area contributed by atoms with Crippen molar-refractivity contribution in [3.05, 3.63) is 29.3 Å². The number of hydrogen-bond donors (Lipinski definition) is 2. The second-order valence-electron chi connectivity index (χ2n) is 5.14. The van der Waals surface area contributed by atoms with E-state index in [9.17, 15) is 17.6 Å². The summed E-state index contributed by atoms with van der Waals surface area (Å²) in [5.41, 5.74) is -0.474. The molecular formula is C14H19BF4O3. The highest BCUT2D eigenvalue weighted by Crippen LogP contribution is 2.30. The fraction of sp³-hybridized carbons (Fsp3) is 0.571. The first kappa shape index (κ1) is 18.8. The number of alkyl halides is 2. The van der Waals surface area contributed by atoms with Gasteiger partial charge in [-0.1, -0.05) is 32.3 Å². The van der Waals surface area contributed by atoms with Crippen molar-refractivity contribution in [2.24, 2.45) is 0 Å². The molecule has 0 aliphatic rings. The third-order valence-electron chi connectivity index (χ3n) is 3.20. The molecular weight excluding hydrogens is 303 g/mol. The fourth-order valence-corrected chi connectivity index (χ4v) is 2.09. The highest BCUT2D eigenvalue weighted by molar-refractivity contribution is 6.33. The summed E-state index contributed by atoms with van der Waals surface area (Å²) in [6, 6.07) is 1.84. The van der Waals surface area contributed by atoms with E-state index >= 15 is 0 Å². The number of unbranched alkanes of at least 4 members (excludes halogenated alkanes) is 3. The highest BCUT2D eigenvalue weighted by atomic mass is 19.3. The van der Waals surface area contributed by atoms with Crippen LogP contribution >= 0.6 is 0 Å². The van der Waals surface area contributed by atoms with Gasteiger partial charge in [-0.2, -0.15) is 4.39 Å². The summed E-state index contributed by atoms with van der Waals surface area (Å²) in [4.78, 5) is 0. The van der Waals surface area contributed by atoms with Crippen molar-refractivity contribution >= 4 is 7.32 Å². The van der Waals surface area contributed by atoms with Gasteiger partial charge in [0.1, 0.15) is 5.75 Å². The minimum absolute atomic E-state index is 0.322. The molecule has 22 heavy (non-hydrogen) atoms. The minimum atomic E-state index is -3.13. The topological polar surface area (TPSA) is 49.7 Å². The molecule has 0 atom stereocenters. The Bertz CT molecular complexity index is 483. The molecule has 1 aromatic rings. The zero-order valence-electron chi connectivity index (χ0n) is 12.3. The predicted octanol–water partition coefficient (Wildman–Crippen LogP) is 3.46. The maximum atomic E-state index is 13.8. The summed E-state index contributed by atoms with van der Waals surface area (Å²) in [6.45, 7) is 1.96. The van der Waals surface area contributed by atoms with Gasteiger partial charge >= 0.3 is 7.32 Å². The van der Waals surface area contributed by atoms with Gasteiger partial charge in [0.2, 0.25) is 0 Å². The molecule has 0 heterocycles. The summed E-state index contributed by atoms with van der Waals surface area (Å²) < 4.78 is 59.0. The van der Waals surface area contributed by atoms with Crippen LogP contribution in [0.5, 0.6) is 5.75 Å². The van der Waals surface area contributed by atoms with Crippen LogP contribution in [0.1, 0.15) is 44.6 Å². The molecule has 1 rings (SSSR count). The van der Waals surface area contributed by atoms with Gasteiger partial charge in [0, 0.05) is 12.8 Å². The molecule has 1 aromatic carbocycles. The Kier molecular flexibility index (Phi) is 7.15. The number of halogens is 4. The van der Waals surface area contributed by atoms with E-state index in [1.165, 1.54) is 0 Å². The van der Waals surface area contributed by atoms with Crippen molar-refractivity contribution in [3.63, 3.8) is 0 Å². The minimum Gasteiger partial charge on any atom is -0.509 e. The van der Waals surface area contributed by atoms with Gasteiger partial charge in [0.05, 0.1) is 0 Å². The average molecular weight is 322 g/mol. The monoisotopic (exact) mass is 322 g/mol. The molecule has 0 aliphatic carbocycles. The molecule has 0 bridgehead atoms. The first-order valence-corrected chi connectivity index (χ1v) is 7.14. The lowest BCUT2D eigenvalue weighted by atomic mass is 10.0. The van der Waals surface area contributed by atoms with E-state index in [0.717, 1.165) is 25.0 Å². The molecule has 0 unspecified atom stereocenters. The third-order valence-corrected chi connectivity index (χ3v) is 3.20. The Hall–Kier alpha value is -1.28. The average Bonchev–Trinajstić information content (AvgIpc) is 2.43. The quantitative estimate of drug-likeness (QED) is 0.416. The SMILES string of the molecule is CCCCCCC(F)(F)Cc1ccc(OB(O)O)c(F)c1F. The Labute approximate surface area is 127 Å². The first-order chi connectivity index (χ1) is 10.3. The summed E-state index contributed by atoms with van der Waals surface area (Å²) >= 11 is 0. The lowest BCUT2D eigenvalue weighted by molar-refractivity contribution is -0.0104. The lowest BCUT2D eigenvalue weighted by Gasteiger charge is -2.17. The lowest BCUT2D eigenvalue weighted by Crippen LogP contribution is -2.23. The van der Waals surface area contributed by atoms with Gasteiger partial charge < -0.3 is 14.7 Å². The third kappa shape index (κ3) is 5.85. The highest BCUT2D eigenvalue weighted by Gasteiger charge is 2.31. The van der Waals surface area contributed by atoms with Gasteiger partial charge in [-0.25, -0.2) is 13.2 Å². The van der Waals surface area contributed by atoms with Crippen LogP contribution in [0, 0.1) is 11.6 Å². The number of benzene rings is 1. The molecule has 2 N–H and O–H groups in total. The van der Waals surface area contributed by atoms with Crippen molar-refractivity contribution in [2.45, 2.75) is 51.4 Å². The smallest absolute Gasteiger partial charge is 0.509 e. The van der Waals surface area contributed by atoms with E-state index in [0.29, 0.717) is 12.8 Å². The maximum Gasteiger partial charge on any atom is 0.707 e. The second kappa shape index (κ2) is 8.38. The molecule has 0 amide bonds. The Morgan fingerprint density at radius 3 is 2.36 bits per heavy atom. The van der Waals surface area contributed by atoms with Gasteiger partial charge in [-0.15, -0.1) is 0 Å². The normalized spacial score (nSPS) is 11.6. The molecule has 0 saturated heterocycles. The van der Waals surface area contributed by atoms with E-state index in [1.54, 1.807) is 0 Å². The Morgan fingerprint density at radius 2 is 1.77 bits per heavy atom. The van der Waals surface area contributed by atoms with Crippen LogP contribution in [0.2, 0.25) is 0 Å². The summed E-state index contributed by atoms with van der Waals surface area (Å²) in [5, 5.41) is 17.1. The van der Waals surface area contributed by atoms with E-state index in [-0.39, 0.29) is 6.42 Å². The van der Waals surface area contributed by atoms with Gasteiger partial charge in [-0.3, -0.25) is 0 Å². The molecule has 0 radical (unpaired) electrons. The first-order valence-electron chi connectivity index (χ1n) is 7.14. The van der Waals surface area contributed by atoms with E-state index in [2.05, 4.69) is 4.65 Å². The van der Waals surface area contributed by atoms with E-state index in [1.807, 2.05) is 6.92 Å². The van der Waals surface area contributed by atoms with Crippen LogP contribution in [0.4, 0.5) is 17.6 Å². The van der Waals surface area contributed by atoms with Gasteiger partial charge in [-0.05, 0) is 18.1 Å². The standard InChI is InChI=1S/C14H19BF4O3/c1-2-3-4-5-8-14(18,19)9-10-6-7-11(22-15(20)21)13(17)12(10)16/h6-7,20-21H,2-5,8-9H2,1H3. The zero-order valence-corrected chi connectivity index (χ0v) is 12.3. The summed E-state index contributed by atoms with van der Waals surface area (Å²) in [7, 11) is -2.32. The maximum absolute atomic E-state index is 13.8. The van der Waals surface area contributed by atoms with Crippen LogP contribution in [-0.2, 0) is 6.42 Å². The molecule has 0 saturated carbocycles. The number of hydrogen-bond acceptors (Lipinski definition) is 3. The van der Waals surface area contributed by atoms with Crippen LogP contribution in [0.3, 0.4) is 0 Å². The predicted molar refractivity (Wildman–Crippen MR) is 74.6 cm³/mol. The molecule has 0 fully saturated rings. The van der Waals surface area contributed by atoms with Crippen molar-refractivity contribution in [2.75, 3.05) is 0 Å². The van der Waals surface area contributed by atoms with Crippen molar-refractivity contribution in [3.8, 4) is 5.75 Å². The van der Waals surface area contributed by atoms with E-state index < -0.39 is 42.6 Å². The Balaban J connectivity index is 2.74. The summed E-state index contributed by atoms with van der Waals surface area (Å²) in [5.74, 6) is -6.86. The number of rotatable bonds is 9. The molecule has 3 nitrogen and oxygen atoms in total. The molecule has 0 spiro atoms. The Morgan fingerprint density at radius 1 is 1.09 bits per heavy atom. The van der Waals surface area contributed by atoms with Crippen molar-refractivity contribution < 1.29 is 32.3 Å². The van der Waals surface area contributed by atoms with Gasteiger partial charge in [0.15, 0.2) is 11.6 Å². The molecule has 8 heteroatoms. The van der Waals surface area contributed by atoms with Crippen molar-refractivity contribution in [1.29, 1.82) is 0 Å². The van der Waals surface area contributed by atoms with Crippen molar-refractivity contribution in [1.82, 2.24) is 0 Å². The largest absolute Gasteiger partial charge is 0.707 e. The summed E-state index contributed by atoms with van der Waals surface area (Å²) in [6.07, 6.45) is 1.47. The van der Waals surface area contributed by atoms with Crippen LogP contribution in [0.25, 0.3) is 0 Å².